The SMILES string of the molecule is Cn1cc(-c2noc([C@@H]3C[C@@H]3c3cccnc3)n2)cn1. The molecule has 0 amide bonds. The molecule has 0 saturated heterocycles. The number of hydrogen-bond acceptors (Lipinski definition) is 5. The number of aryl methyl sites for hydroxylation is 1. The third-order valence-corrected chi connectivity index (χ3v) is 3.63. The van der Waals surface area contributed by atoms with Gasteiger partial charge in [-0.1, -0.05) is 11.2 Å². The first-order valence-electron chi connectivity index (χ1n) is 6.54. The predicted octanol–water partition coefficient (Wildman–Crippen LogP) is 2.14. The Morgan fingerprint density at radius 3 is 3.00 bits per heavy atom. The molecule has 3 heterocycles. The van der Waals surface area contributed by atoms with Gasteiger partial charge in [-0.25, -0.2) is 0 Å². The zero-order valence-electron chi connectivity index (χ0n) is 11.0. The summed E-state index contributed by atoms with van der Waals surface area (Å²) in [6.07, 6.45) is 8.35. The highest BCUT2D eigenvalue weighted by Gasteiger charge is 2.43. The molecule has 1 saturated carbocycles. The highest BCUT2D eigenvalue weighted by atomic mass is 16.5. The minimum atomic E-state index is 0.317. The summed E-state index contributed by atoms with van der Waals surface area (Å²) >= 11 is 0. The monoisotopic (exact) mass is 267 g/mol. The van der Waals surface area contributed by atoms with Crippen LogP contribution in [0.15, 0.2) is 41.4 Å². The van der Waals surface area contributed by atoms with Gasteiger partial charge < -0.3 is 4.52 Å². The van der Waals surface area contributed by atoms with Gasteiger partial charge >= 0.3 is 0 Å². The van der Waals surface area contributed by atoms with Crippen molar-refractivity contribution in [2.45, 2.75) is 18.3 Å². The van der Waals surface area contributed by atoms with E-state index in [2.05, 4.69) is 26.3 Å². The van der Waals surface area contributed by atoms with Gasteiger partial charge in [0.1, 0.15) is 0 Å². The van der Waals surface area contributed by atoms with Gasteiger partial charge in [0.2, 0.25) is 11.7 Å². The molecule has 4 rings (SSSR count). The summed E-state index contributed by atoms with van der Waals surface area (Å²) in [6, 6.07) is 4.05. The number of nitrogens with zero attached hydrogens (tertiary/aromatic N) is 5. The van der Waals surface area contributed by atoms with Gasteiger partial charge in [0.25, 0.3) is 0 Å². The molecular weight excluding hydrogens is 254 g/mol. The standard InChI is InChI=1S/C14H13N5O/c1-19-8-10(7-16-19)13-17-14(20-18-13)12-5-11(12)9-3-2-4-15-6-9/h2-4,6-8,11-12H,5H2,1H3/t11-,12-/m1/s1. The molecule has 20 heavy (non-hydrogen) atoms. The van der Waals surface area contributed by atoms with Crippen molar-refractivity contribution in [1.29, 1.82) is 0 Å². The molecule has 2 atom stereocenters. The second kappa shape index (κ2) is 4.26. The van der Waals surface area contributed by atoms with Crippen LogP contribution in [0.5, 0.6) is 0 Å². The average molecular weight is 267 g/mol. The van der Waals surface area contributed by atoms with E-state index in [1.165, 1.54) is 5.56 Å². The molecule has 100 valence electrons. The quantitative estimate of drug-likeness (QED) is 0.727. The molecule has 0 spiro atoms. The first-order valence-corrected chi connectivity index (χ1v) is 6.54. The lowest BCUT2D eigenvalue weighted by Crippen LogP contribution is -1.86. The van der Waals surface area contributed by atoms with Crippen LogP contribution >= 0.6 is 0 Å². The molecule has 0 N–H and O–H groups in total. The lowest BCUT2D eigenvalue weighted by molar-refractivity contribution is 0.378. The van der Waals surface area contributed by atoms with Crippen LogP contribution in [0, 0.1) is 0 Å². The Bertz CT molecular complexity index is 733. The zero-order chi connectivity index (χ0) is 13.5. The van der Waals surface area contributed by atoms with Crippen LogP contribution in [-0.4, -0.2) is 24.9 Å². The van der Waals surface area contributed by atoms with Gasteiger partial charge in [0.15, 0.2) is 0 Å². The third kappa shape index (κ3) is 1.89. The highest BCUT2D eigenvalue weighted by molar-refractivity contribution is 5.51. The lowest BCUT2D eigenvalue weighted by Gasteiger charge is -1.95. The summed E-state index contributed by atoms with van der Waals surface area (Å²) in [6.45, 7) is 0. The summed E-state index contributed by atoms with van der Waals surface area (Å²) in [7, 11) is 1.86. The van der Waals surface area contributed by atoms with Crippen LogP contribution in [0.1, 0.15) is 29.7 Å². The largest absolute Gasteiger partial charge is 0.339 e. The summed E-state index contributed by atoms with van der Waals surface area (Å²) in [5.74, 6) is 2.07. The topological polar surface area (TPSA) is 69.6 Å². The van der Waals surface area contributed by atoms with Gasteiger partial charge in [-0.15, -0.1) is 0 Å². The minimum Gasteiger partial charge on any atom is -0.339 e. The Hall–Kier alpha value is -2.50. The van der Waals surface area contributed by atoms with E-state index in [1.807, 2.05) is 25.5 Å². The molecule has 3 aromatic heterocycles. The van der Waals surface area contributed by atoms with Gasteiger partial charge in [0, 0.05) is 31.6 Å². The summed E-state index contributed by atoms with van der Waals surface area (Å²) in [5, 5.41) is 8.15. The van der Waals surface area contributed by atoms with Gasteiger partial charge in [-0.3, -0.25) is 9.67 Å². The van der Waals surface area contributed by atoms with E-state index in [1.54, 1.807) is 17.1 Å². The Morgan fingerprint density at radius 2 is 2.25 bits per heavy atom. The maximum atomic E-state index is 5.39. The Morgan fingerprint density at radius 1 is 1.30 bits per heavy atom. The molecule has 0 aromatic carbocycles. The first-order chi connectivity index (χ1) is 9.81. The van der Waals surface area contributed by atoms with Crippen LogP contribution < -0.4 is 0 Å². The highest BCUT2D eigenvalue weighted by Crippen LogP contribution is 2.53. The van der Waals surface area contributed by atoms with Crippen molar-refractivity contribution < 1.29 is 4.52 Å². The fraction of sp³-hybridized carbons (Fsp3) is 0.286. The first kappa shape index (κ1) is 11.3. The van der Waals surface area contributed by atoms with Crippen LogP contribution in [0.3, 0.4) is 0 Å². The van der Waals surface area contributed by atoms with E-state index in [4.69, 9.17) is 4.52 Å². The van der Waals surface area contributed by atoms with Gasteiger partial charge in [-0.2, -0.15) is 10.1 Å². The molecule has 0 unspecified atom stereocenters. The van der Waals surface area contributed by atoms with Crippen molar-refractivity contribution in [3.8, 4) is 11.4 Å². The predicted molar refractivity (Wildman–Crippen MR) is 70.8 cm³/mol. The van der Waals surface area contributed by atoms with E-state index >= 15 is 0 Å². The Balaban J connectivity index is 1.56. The summed E-state index contributed by atoms with van der Waals surface area (Å²) in [4.78, 5) is 8.63. The lowest BCUT2D eigenvalue weighted by atomic mass is 10.1. The van der Waals surface area contributed by atoms with Crippen molar-refractivity contribution in [3.05, 3.63) is 48.4 Å². The molecule has 6 nitrogen and oxygen atoms in total. The molecule has 1 aliphatic rings. The second-order valence-corrected chi connectivity index (χ2v) is 5.09. The molecule has 1 aliphatic carbocycles. The van der Waals surface area contributed by atoms with Crippen LogP contribution in [-0.2, 0) is 7.05 Å². The van der Waals surface area contributed by atoms with Crippen molar-refractivity contribution in [3.63, 3.8) is 0 Å². The smallest absolute Gasteiger partial charge is 0.230 e. The number of aromatic nitrogens is 5. The van der Waals surface area contributed by atoms with E-state index in [-0.39, 0.29) is 0 Å². The fourth-order valence-electron chi connectivity index (χ4n) is 2.47. The minimum absolute atomic E-state index is 0.317. The Kier molecular flexibility index (Phi) is 2.42. The summed E-state index contributed by atoms with van der Waals surface area (Å²) < 4.78 is 7.11. The summed E-state index contributed by atoms with van der Waals surface area (Å²) in [5.41, 5.74) is 2.11. The molecule has 6 heteroatoms. The molecule has 3 aromatic rings. The van der Waals surface area contributed by atoms with Crippen LogP contribution in [0.25, 0.3) is 11.4 Å². The van der Waals surface area contributed by atoms with Gasteiger partial charge in [0.05, 0.1) is 11.8 Å². The van der Waals surface area contributed by atoms with Crippen molar-refractivity contribution >= 4 is 0 Å². The van der Waals surface area contributed by atoms with E-state index in [0.717, 1.165) is 12.0 Å². The number of hydrogen-bond donors (Lipinski definition) is 0. The number of pyridine rings is 1. The molecule has 1 fully saturated rings. The fourth-order valence-corrected chi connectivity index (χ4v) is 2.47. The average Bonchev–Trinajstić information content (AvgIpc) is 2.91. The molecular formula is C14H13N5O. The van der Waals surface area contributed by atoms with Gasteiger partial charge in [-0.05, 0) is 24.0 Å². The van der Waals surface area contributed by atoms with E-state index in [0.29, 0.717) is 23.6 Å². The second-order valence-electron chi connectivity index (χ2n) is 5.09. The van der Waals surface area contributed by atoms with Crippen LogP contribution in [0.4, 0.5) is 0 Å². The maximum absolute atomic E-state index is 5.39. The maximum Gasteiger partial charge on any atom is 0.230 e. The number of rotatable bonds is 3. The Labute approximate surface area is 115 Å². The third-order valence-electron chi connectivity index (χ3n) is 3.63. The van der Waals surface area contributed by atoms with Crippen molar-refractivity contribution in [2.75, 3.05) is 0 Å². The van der Waals surface area contributed by atoms with E-state index < -0.39 is 0 Å². The molecule has 0 aliphatic heterocycles. The molecule has 0 bridgehead atoms. The molecule has 0 radical (unpaired) electrons. The van der Waals surface area contributed by atoms with E-state index in [9.17, 15) is 0 Å². The normalized spacial score (nSPS) is 21.1. The van der Waals surface area contributed by atoms with Crippen molar-refractivity contribution in [1.82, 2.24) is 24.9 Å². The zero-order valence-corrected chi connectivity index (χ0v) is 11.0. The van der Waals surface area contributed by atoms with Crippen molar-refractivity contribution in [2.24, 2.45) is 7.05 Å². The van der Waals surface area contributed by atoms with Crippen LogP contribution in [0.2, 0.25) is 0 Å².